The summed E-state index contributed by atoms with van der Waals surface area (Å²) in [6, 6.07) is 0. The van der Waals surface area contributed by atoms with E-state index in [9.17, 15) is 0 Å². The van der Waals surface area contributed by atoms with Crippen LogP contribution in [0.3, 0.4) is 0 Å². The number of hydrogen-bond acceptors (Lipinski definition) is 3. The van der Waals surface area contributed by atoms with Crippen LogP contribution in [0.1, 0.15) is 12.6 Å². The number of thiazole rings is 1. The van der Waals surface area contributed by atoms with Crippen LogP contribution in [-0.4, -0.2) is 23.2 Å². The van der Waals surface area contributed by atoms with Crippen molar-refractivity contribution < 1.29 is 0 Å². The lowest BCUT2D eigenvalue weighted by Gasteiger charge is -2.06. The van der Waals surface area contributed by atoms with E-state index in [2.05, 4.69) is 21.0 Å². The lowest BCUT2D eigenvalue weighted by molar-refractivity contribution is 0.818. The summed E-state index contributed by atoms with van der Waals surface area (Å²) in [4.78, 5) is 4.17. The molecule has 5 heteroatoms. The monoisotopic (exact) mass is 215 g/mol. The third-order valence-electron chi connectivity index (χ3n) is 1.49. The molecule has 3 nitrogen and oxygen atoms in total. The number of nitrogens with zero attached hydrogens (tertiary/aromatic N) is 1. The van der Waals surface area contributed by atoms with E-state index in [0.29, 0.717) is 0 Å². The minimum absolute atomic E-state index is 0.720. The molecule has 0 spiro atoms. The molecule has 0 aliphatic rings. The van der Waals surface area contributed by atoms with E-state index in [0.717, 1.165) is 30.3 Å². The van der Waals surface area contributed by atoms with Crippen molar-refractivity contribution >= 4 is 28.7 Å². The lowest BCUT2D eigenvalue weighted by Crippen LogP contribution is -2.36. The average molecular weight is 215 g/mol. The molecule has 0 saturated heterocycles. The van der Waals surface area contributed by atoms with Gasteiger partial charge in [0.05, 0.1) is 11.2 Å². The van der Waals surface area contributed by atoms with Crippen LogP contribution in [0, 0.1) is 0 Å². The van der Waals surface area contributed by atoms with Gasteiger partial charge < -0.3 is 10.6 Å². The van der Waals surface area contributed by atoms with Gasteiger partial charge in [-0.15, -0.1) is 11.3 Å². The summed E-state index contributed by atoms with van der Waals surface area (Å²) >= 11 is 6.63. The van der Waals surface area contributed by atoms with Crippen LogP contribution in [0.2, 0.25) is 0 Å². The summed E-state index contributed by atoms with van der Waals surface area (Å²) < 4.78 is 0. The van der Waals surface area contributed by atoms with E-state index in [-0.39, 0.29) is 0 Å². The van der Waals surface area contributed by atoms with E-state index in [1.165, 1.54) is 0 Å². The summed E-state index contributed by atoms with van der Waals surface area (Å²) in [7, 11) is 0. The topological polar surface area (TPSA) is 37.0 Å². The Balaban J connectivity index is 2.11. The van der Waals surface area contributed by atoms with Crippen LogP contribution in [0.5, 0.6) is 0 Å². The van der Waals surface area contributed by atoms with Crippen molar-refractivity contribution in [2.75, 3.05) is 13.1 Å². The molecule has 0 radical (unpaired) electrons. The molecule has 0 aliphatic heterocycles. The molecule has 0 saturated carbocycles. The molecular formula is C8H13N3S2. The van der Waals surface area contributed by atoms with Gasteiger partial charge in [-0.05, 0) is 19.1 Å². The van der Waals surface area contributed by atoms with Crippen LogP contribution < -0.4 is 10.6 Å². The van der Waals surface area contributed by atoms with Crippen LogP contribution in [0.25, 0.3) is 0 Å². The summed E-state index contributed by atoms with van der Waals surface area (Å²) in [5.41, 5.74) is 2.97. The zero-order valence-corrected chi connectivity index (χ0v) is 9.17. The van der Waals surface area contributed by atoms with Gasteiger partial charge in [-0.3, -0.25) is 0 Å². The molecular weight excluding hydrogens is 202 g/mol. The van der Waals surface area contributed by atoms with Crippen molar-refractivity contribution in [1.82, 2.24) is 15.6 Å². The standard InChI is InChI=1S/C8H13N3S2/c1-2-9-8(12)10-4-3-7-5-13-6-11-7/h5-6H,2-4H2,1H3,(H2,9,10,12). The molecule has 13 heavy (non-hydrogen) atoms. The minimum atomic E-state index is 0.720. The second-order valence-corrected chi connectivity index (χ2v) is 3.64. The molecule has 0 aromatic carbocycles. The Morgan fingerprint density at radius 2 is 2.46 bits per heavy atom. The number of rotatable bonds is 4. The first kappa shape index (κ1) is 10.4. The number of thiocarbonyl (C=S) groups is 1. The molecule has 72 valence electrons. The van der Waals surface area contributed by atoms with Gasteiger partial charge in [0.15, 0.2) is 5.11 Å². The fourth-order valence-corrected chi connectivity index (χ4v) is 1.73. The molecule has 0 amide bonds. The first-order chi connectivity index (χ1) is 6.33. The predicted octanol–water partition coefficient (Wildman–Crippen LogP) is 1.17. The quantitative estimate of drug-likeness (QED) is 0.739. The lowest BCUT2D eigenvalue weighted by atomic mass is 10.3. The van der Waals surface area contributed by atoms with Gasteiger partial charge in [0.2, 0.25) is 0 Å². The molecule has 0 unspecified atom stereocenters. The Bertz CT molecular complexity index is 246. The maximum absolute atomic E-state index is 5.01. The average Bonchev–Trinajstić information content (AvgIpc) is 2.57. The number of nitrogens with one attached hydrogen (secondary N) is 2. The summed E-state index contributed by atoms with van der Waals surface area (Å²) in [6.07, 6.45) is 0.926. The Hall–Kier alpha value is -0.680. The van der Waals surface area contributed by atoms with Crippen molar-refractivity contribution in [3.05, 3.63) is 16.6 Å². The highest BCUT2D eigenvalue weighted by Crippen LogP contribution is 2.00. The van der Waals surface area contributed by atoms with Gasteiger partial charge in [-0.2, -0.15) is 0 Å². The molecule has 1 heterocycles. The first-order valence-corrected chi connectivity index (χ1v) is 5.56. The molecule has 1 aromatic heterocycles. The Morgan fingerprint density at radius 3 is 3.08 bits per heavy atom. The molecule has 0 bridgehead atoms. The maximum Gasteiger partial charge on any atom is 0.166 e. The van der Waals surface area contributed by atoms with Gasteiger partial charge in [-0.25, -0.2) is 4.98 Å². The summed E-state index contributed by atoms with van der Waals surface area (Å²) in [5, 5.41) is 8.91. The van der Waals surface area contributed by atoms with Crippen molar-refractivity contribution in [1.29, 1.82) is 0 Å². The third kappa shape index (κ3) is 4.19. The third-order valence-corrected chi connectivity index (χ3v) is 2.41. The second kappa shape index (κ2) is 5.88. The maximum atomic E-state index is 5.01. The summed E-state index contributed by atoms with van der Waals surface area (Å²) in [6.45, 7) is 3.73. The molecule has 2 N–H and O–H groups in total. The smallest absolute Gasteiger partial charge is 0.166 e. The molecule has 0 aliphatic carbocycles. The van der Waals surface area contributed by atoms with Gasteiger partial charge in [0.1, 0.15) is 0 Å². The van der Waals surface area contributed by atoms with Crippen LogP contribution in [-0.2, 0) is 6.42 Å². The largest absolute Gasteiger partial charge is 0.363 e. The molecule has 1 aromatic rings. The van der Waals surface area contributed by atoms with Gasteiger partial charge in [-0.1, -0.05) is 0 Å². The second-order valence-electron chi connectivity index (χ2n) is 2.52. The van der Waals surface area contributed by atoms with Crippen LogP contribution >= 0.6 is 23.6 Å². The first-order valence-electron chi connectivity index (χ1n) is 4.21. The Labute approximate surface area is 87.6 Å². The normalized spacial score (nSPS) is 9.62. The summed E-state index contributed by atoms with van der Waals surface area (Å²) in [5.74, 6) is 0. The Morgan fingerprint density at radius 1 is 1.62 bits per heavy atom. The fraction of sp³-hybridized carbons (Fsp3) is 0.500. The highest BCUT2D eigenvalue weighted by Gasteiger charge is 1.95. The zero-order chi connectivity index (χ0) is 9.52. The SMILES string of the molecule is CCNC(=S)NCCc1cscn1. The fourth-order valence-electron chi connectivity index (χ4n) is 0.888. The zero-order valence-electron chi connectivity index (χ0n) is 7.54. The van der Waals surface area contributed by atoms with E-state index in [1.54, 1.807) is 11.3 Å². The minimum Gasteiger partial charge on any atom is -0.363 e. The van der Waals surface area contributed by atoms with Gasteiger partial charge >= 0.3 is 0 Å². The molecule has 1 rings (SSSR count). The van der Waals surface area contributed by atoms with Crippen molar-refractivity contribution in [2.45, 2.75) is 13.3 Å². The predicted molar refractivity (Wildman–Crippen MR) is 60.1 cm³/mol. The van der Waals surface area contributed by atoms with E-state index < -0.39 is 0 Å². The van der Waals surface area contributed by atoms with Crippen molar-refractivity contribution in [3.63, 3.8) is 0 Å². The Kier molecular flexibility index (Phi) is 4.70. The molecule has 0 fully saturated rings. The number of hydrogen-bond donors (Lipinski definition) is 2. The molecule has 0 atom stereocenters. The van der Waals surface area contributed by atoms with Gasteiger partial charge in [0, 0.05) is 24.9 Å². The van der Waals surface area contributed by atoms with Gasteiger partial charge in [0.25, 0.3) is 0 Å². The highest BCUT2D eigenvalue weighted by atomic mass is 32.1. The van der Waals surface area contributed by atoms with E-state index >= 15 is 0 Å². The van der Waals surface area contributed by atoms with Crippen molar-refractivity contribution in [3.8, 4) is 0 Å². The van der Waals surface area contributed by atoms with E-state index in [4.69, 9.17) is 12.2 Å². The number of aromatic nitrogens is 1. The van der Waals surface area contributed by atoms with E-state index in [1.807, 2.05) is 12.4 Å². The van der Waals surface area contributed by atoms with Crippen LogP contribution in [0.4, 0.5) is 0 Å². The van der Waals surface area contributed by atoms with Crippen LogP contribution in [0.15, 0.2) is 10.9 Å². The highest BCUT2D eigenvalue weighted by molar-refractivity contribution is 7.80. The van der Waals surface area contributed by atoms with Crippen molar-refractivity contribution in [2.24, 2.45) is 0 Å².